The van der Waals surface area contributed by atoms with E-state index in [0.717, 1.165) is 25.8 Å². The summed E-state index contributed by atoms with van der Waals surface area (Å²) in [6, 6.07) is 2.38. The van der Waals surface area contributed by atoms with Crippen LogP contribution in [0, 0.1) is 0 Å². The Labute approximate surface area is 125 Å². The maximum atomic E-state index is 12.7. The van der Waals surface area contributed by atoms with Crippen LogP contribution >= 0.6 is 11.3 Å². The van der Waals surface area contributed by atoms with E-state index in [4.69, 9.17) is 5.73 Å². The van der Waals surface area contributed by atoms with Gasteiger partial charge in [0.1, 0.15) is 0 Å². The molecule has 0 radical (unpaired) electrons. The molecule has 1 fully saturated rings. The summed E-state index contributed by atoms with van der Waals surface area (Å²) >= 11 is 1.82. The Morgan fingerprint density at radius 1 is 1.45 bits per heavy atom. The van der Waals surface area contributed by atoms with Gasteiger partial charge in [0, 0.05) is 23.4 Å². The highest BCUT2D eigenvalue weighted by Crippen LogP contribution is 2.35. The zero-order valence-electron chi connectivity index (χ0n) is 12.2. The lowest BCUT2D eigenvalue weighted by molar-refractivity contribution is -0.135. The molecule has 1 atom stereocenters. The van der Waals surface area contributed by atoms with Crippen molar-refractivity contribution in [3.05, 3.63) is 21.9 Å². The number of fused-ring (bicyclic) bond motifs is 1. The van der Waals surface area contributed by atoms with Gasteiger partial charge < -0.3 is 10.6 Å². The fourth-order valence-corrected chi connectivity index (χ4v) is 4.65. The van der Waals surface area contributed by atoms with Crippen molar-refractivity contribution in [3.8, 4) is 0 Å². The second kappa shape index (κ2) is 5.49. The lowest BCUT2D eigenvalue weighted by Gasteiger charge is -2.38. The van der Waals surface area contributed by atoms with Crippen molar-refractivity contribution in [1.29, 1.82) is 0 Å². The molecule has 3 nitrogen and oxygen atoms in total. The van der Waals surface area contributed by atoms with Crippen LogP contribution in [0.1, 0.15) is 61.9 Å². The summed E-state index contributed by atoms with van der Waals surface area (Å²) < 4.78 is 0. The Morgan fingerprint density at radius 3 is 2.95 bits per heavy atom. The average molecular weight is 292 g/mol. The second-order valence-corrected chi connectivity index (χ2v) is 7.41. The number of rotatable bonds is 2. The summed E-state index contributed by atoms with van der Waals surface area (Å²) in [6.07, 6.45) is 7.15. The number of hydrogen-bond acceptors (Lipinski definition) is 3. The van der Waals surface area contributed by atoms with E-state index in [1.807, 2.05) is 16.2 Å². The maximum Gasteiger partial charge on any atom is 0.224 e. The Hall–Kier alpha value is -0.870. The summed E-state index contributed by atoms with van der Waals surface area (Å²) in [5.74, 6) is 0.249. The fourth-order valence-electron chi connectivity index (χ4n) is 3.69. The van der Waals surface area contributed by atoms with E-state index >= 15 is 0 Å². The van der Waals surface area contributed by atoms with Gasteiger partial charge in [-0.3, -0.25) is 4.79 Å². The van der Waals surface area contributed by atoms with Crippen LogP contribution in [0.15, 0.2) is 11.4 Å². The van der Waals surface area contributed by atoms with E-state index in [2.05, 4.69) is 18.4 Å². The lowest BCUT2D eigenvalue weighted by Crippen LogP contribution is -2.48. The molecule has 110 valence electrons. The third-order valence-corrected chi connectivity index (χ3v) is 5.95. The minimum atomic E-state index is -0.246. The van der Waals surface area contributed by atoms with E-state index < -0.39 is 0 Å². The quantitative estimate of drug-likeness (QED) is 0.909. The van der Waals surface area contributed by atoms with Crippen LogP contribution in [0.25, 0.3) is 0 Å². The summed E-state index contributed by atoms with van der Waals surface area (Å²) in [6.45, 7) is 3.00. The van der Waals surface area contributed by atoms with Crippen LogP contribution in [-0.4, -0.2) is 22.9 Å². The molecule has 1 amide bonds. The lowest BCUT2D eigenvalue weighted by atomic mass is 9.79. The molecule has 0 bridgehead atoms. The van der Waals surface area contributed by atoms with Gasteiger partial charge in [-0.25, -0.2) is 0 Å². The number of nitrogens with zero attached hydrogens (tertiary/aromatic N) is 1. The molecule has 0 aromatic carbocycles. The van der Waals surface area contributed by atoms with Gasteiger partial charge in [-0.2, -0.15) is 0 Å². The normalized spacial score (nSPS) is 25.3. The minimum Gasteiger partial charge on any atom is -0.335 e. The monoisotopic (exact) mass is 292 g/mol. The molecule has 2 N–H and O–H groups in total. The average Bonchev–Trinajstić information content (AvgIpc) is 2.88. The summed E-state index contributed by atoms with van der Waals surface area (Å²) in [7, 11) is 0. The predicted molar refractivity (Wildman–Crippen MR) is 82.8 cm³/mol. The van der Waals surface area contributed by atoms with Crippen LogP contribution in [-0.2, 0) is 11.2 Å². The Balaban J connectivity index is 1.69. The van der Waals surface area contributed by atoms with Crippen molar-refractivity contribution >= 4 is 17.2 Å². The van der Waals surface area contributed by atoms with Crippen LogP contribution in [0.5, 0.6) is 0 Å². The maximum absolute atomic E-state index is 12.7. The van der Waals surface area contributed by atoms with Crippen molar-refractivity contribution in [2.24, 2.45) is 5.73 Å². The van der Waals surface area contributed by atoms with Gasteiger partial charge in [0.25, 0.3) is 0 Å². The molecule has 1 aromatic heterocycles. The van der Waals surface area contributed by atoms with Crippen LogP contribution in [0.3, 0.4) is 0 Å². The highest BCUT2D eigenvalue weighted by atomic mass is 32.1. The molecule has 0 saturated heterocycles. The second-order valence-electron chi connectivity index (χ2n) is 6.41. The summed E-state index contributed by atoms with van der Waals surface area (Å²) in [5.41, 5.74) is 7.53. The minimum absolute atomic E-state index is 0.213. The summed E-state index contributed by atoms with van der Waals surface area (Å²) in [5, 5.41) is 2.14. The van der Waals surface area contributed by atoms with E-state index in [9.17, 15) is 4.79 Å². The smallest absolute Gasteiger partial charge is 0.224 e. The Bertz CT molecular complexity index is 490. The van der Waals surface area contributed by atoms with E-state index in [0.29, 0.717) is 6.42 Å². The van der Waals surface area contributed by atoms with E-state index in [1.54, 1.807) is 0 Å². The third kappa shape index (κ3) is 2.63. The van der Waals surface area contributed by atoms with Gasteiger partial charge in [-0.1, -0.05) is 19.3 Å². The van der Waals surface area contributed by atoms with Crippen LogP contribution in [0.4, 0.5) is 0 Å². The van der Waals surface area contributed by atoms with Crippen LogP contribution in [0.2, 0.25) is 0 Å². The first kappa shape index (κ1) is 14.1. The number of carbonyl (C=O) groups is 1. The molecule has 1 aromatic rings. The van der Waals surface area contributed by atoms with Crippen molar-refractivity contribution in [2.75, 3.05) is 6.54 Å². The number of nitrogens with two attached hydrogens (primary N) is 1. The molecule has 3 rings (SSSR count). The molecular formula is C16H24N2OS. The third-order valence-electron chi connectivity index (χ3n) is 4.95. The van der Waals surface area contributed by atoms with Crippen molar-refractivity contribution in [1.82, 2.24) is 4.90 Å². The molecule has 1 aliphatic heterocycles. The topological polar surface area (TPSA) is 46.3 Å². The molecular weight excluding hydrogens is 268 g/mol. The van der Waals surface area contributed by atoms with Gasteiger partial charge in [-0.05, 0) is 43.2 Å². The largest absolute Gasteiger partial charge is 0.335 e. The van der Waals surface area contributed by atoms with Crippen molar-refractivity contribution < 1.29 is 4.79 Å². The molecule has 1 unspecified atom stereocenters. The molecule has 0 spiro atoms. The van der Waals surface area contributed by atoms with Crippen molar-refractivity contribution in [2.45, 2.75) is 63.5 Å². The van der Waals surface area contributed by atoms with Crippen molar-refractivity contribution in [3.63, 3.8) is 0 Å². The molecule has 4 heteroatoms. The van der Waals surface area contributed by atoms with E-state index in [1.165, 1.54) is 29.7 Å². The highest BCUT2D eigenvalue weighted by molar-refractivity contribution is 7.10. The van der Waals surface area contributed by atoms with Gasteiger partial charge in [0.05, 0.1) is 6.04 Å². The first-order valence-corrected chi connectivity index (χ1v) is 8.62. The summed E-state index contributed by atoms with van der Waals surface area (Å²) in [4.78, 5) is 16.1. The van der Waals surface area contributed by atoms with Gasteiger partial charge in [-0.15, -0.1) is 11.3 Å². The van der Waals surface area contributed by atoms with Gasteiger partial charge in [0.2, 0.25) is 5.91 Å². The standard InChI is InChI=1S/C16H24N2OS/c1-12-13-6-10-20-14(13)5-9-18(12)15(19)11-16(17)7-3-2-4-8-16/h6,10,12H,2-5,7-9,11,17H2,1H3. The number of hydrogen-bond donors (Lipinski definition) is 1. The Kier molecular flexibility index (Phi) is 3.87. The molecule has 1 aliphatic carbocycles. The zero-order chi connectivity index (χ0) is 14.2. The molecule has 2 heterocycles. The number of carbonyl (C=O) groups excluding carboxylic acids is 1. The molecule has 2 aliphatic rings. The zero-order valence-corrected chi connectivity index (χ0v) is 13.0. The van der Waals surface area contributed by atoms with Gasteiger partial charge in [0.15, 0.2) is 0 Å². The predicted octanol–water partition coefficient (Wildman–Crippen LogP) is 3.25. The van der Waals surface area contributed by atoms with Gasteiger partial charge >= 0.3 is 0 Å². The first-order valence-electron chi connectivity index (χ1n) is 7.74. The van der Waals surface area contributed by atoms with Crippen LogP contribution < -0.4 is 5.73 Å². The highest BCUT2D eigenvalue weighted by Gasteiger charge is 2.35. The number of amides is 1. The molecule has 20 heavy (non-hydrogen) atoms. The Morgan fingerprint density at radius 2 is 2.20 bits per heavy atom. The van der Waals surface area contributed by atoms with E-state index in [-0.39, 0.29) is 17.5 Å². The number of thiophene rings is 1. The molecule has 1 saturated carbocycles. The SMILES string of the molecule is CC1c2ccsc2CCN1C(=O)CC1(N)CCCCC1. The first-order chi connectivity index (χ1) is 9.59. The fraction of sp³-hybridized carbons (Fsp3) is 0.688.